The number of benzene rings is 1. The SMILES string of the molecule is C[C@H]1CN(C(=O)CN2C(=O)N[C@@](C)(c3ccccc3F)C2=O)CCO1. The van der Waals surface area contributed by atoms with Crippen LogP contribution in [0.15, 0.2) is 24.3 Å². The highest BCUT2D eigenvalue weighted by atomic mass is 19.1. The van der Waals surface area contributed by atoms with Gasteiger partial charge in [0.1, 0.15) is 17.9 Å². The number of morpholine rings is 1. The van der Waals surface area contributed by atoms with E-state index in [2.05, 4.69) is 5.32 Å². The van der Waals surface area contributed by atoms with Gasteiger partial charge in [-0.2, -0.15) is 0 Å². The van der Waals surface area contributed by atoms with E-state index < -0.39 is 23.3 Å². The molecule has 3 rings (SSSR count). The molecule has 0 spiro atoms. The van der Waals surface area contributed by atoms with E-state index in [9.17, 15) is 18.8 Å². The topological polar surface area (TPSA) is 79.0 Å². The Kier molecular flexibility index (Phi) is 4.47. The summed E-state index contributed by atoms with van der Waals surface area (Å²) in [5, 5.41) is 2.51. The molecule has 1 N–H and O–H groups in total. The van der Waals surface area contributed by atoms with Gasteiger partial charge in [-0.1, -0.05) is 18.2 Å². The molecule has 0 aliphatic carbocycles. The van der Waals surface area contributed by atoms with E-state index in [4.69, 9.17) is 4.74 Å². The number of urea groups is 1. The number of hydrogen-bond acceptors (Lipinski definition) is 4. The minimum absolute atomic E-state index is 0.0725. The van der Waals surface area contributed by atoms with E-state index in [1.807, 2.05) is 6.92 Å². The zero-order valence-corrected chi connectivity index (χ0v) is 14.1. The maximum atomic E-state index is 14.1. The van der Waals surface area contributed by atoms with Crippen LogP contribution >= 0.6 is 0 Å². The molecule has 7 nitrogen and oxygen atoms in total. The number of carbonyl (C=O) groups excluding carboxylic acids is 3. The first-order valence-corrected chi connectivity index (χ1v) is 8.11. The Morgan fingerprint density at radius 2 is 2.12 bits per heavy atom. The van der Waals surface area contributed by atoms with Crippen LogP contribution in [0.1, 0.15) is 19.4 Å². The summed E-state index contributed by atoms with van der Waals surface area (Å²) in [7, 11) is 0. The Morgan fingerprint density at radius 3 is 2.80 bits per heavy atom. The summed E-state index contributed by atoms with van der Waals surface area (Å²) in [5.41, 5.74) is -1.45. The first-order valence-electron chi connectivity index (χ1n) is 8.11. The molecule has 2 aliphatic heterocycles. The summed E-state index contributed by atoms with van der Waals surface area (Å²) < 4.78 is 19.5. The fourth-order valence-corrected chi connectivity index (χ4v) is 3.17. The highest BCUT2D eigenvalue weighted by Crippen LogP contribution is 2.30. The summed E-state index contributed by atoms with van der Waals surface area (Å²) in [6, 6.07) is 5.06. The highest BCUT2D eigenvalue weighted by Gasteiger charge is 2.50. The van der Waals surface area contributed by atoms with Crippen molar-refractivity contribution in [3.63, 3.8) is 0 Å². The Morgan fingerprint density at radius 1 is 1.40 bits per heavy atom. The van der Waals surface area contributed by atoms with E-state index >= 15 is 0 Å². The van der Waals surface area contributed by atoms with Crippen molar-refractivity contribution >= 4 is 17.8 Å². The third-order valence-electron chi connectivity index (χ3n) is 4.57. The lowest BCUT2D eigenvalue weighted by Gasteiger charge is -2.32. The van der Waals surface area contributed by atoms with Gasteiger partial charge in [-0.3, -0.25) is 14.5 Å². The van der Waals surface area contributed by atoms with Crippen molar-refractivity contribution in [3.05, 3.63) is 35.6 Å². The molecule has 0 unspecified atom stereocenters. The summed E-state index contributed by atoms with van der Waals surface area (Å²) >= 11 is 0. The zero-order valence-electron chi connectivity index (χ0n) is 14.1. The molecule has 0 saturated carbocycles. The fraction of sp³-hybridized carbons (Fsp3) is 0.471. The quantitative estimate of drug-likeness (QED) is 0.820. The van der Waals surface area contributed by atoms with Gasteiger partial charge in [-0.05, 0) is 19.9 Å². The van der Waals surface area contributed by atoms with Crippen molar-refractivity contribution in [1.82, 2.24) is 15.1 Å². The van der Waals surface area contributed by atoms with Gasteiger partial charge in [0.15, 0.2) is 0 Å². The minimum atomic E-state index is -1.53. The van der Waals surface area contributed by atoms with Crippen molar-refractivity contribution in [3.8, 4) is 0 Å². The molecule has 2 fully saturated rings. The molecular formula is C17H20FN3O4. The normalized spacial score (nSPS) is 26.8. The first-order chi connectivity index (χ1) is 11.8. The Hall–Kier alpha value is -2.48. The third kappa shape index (κ3) is 3.09. The molecule has 0 radical (unpaired) electrons. The first kappa shape index (κ1) is 17.3. The molecule has 25 heavy (non-hydrogen) atoms. The number of carbonyl (C=O) groups is 3. The van der Waals surface area contributed by atoms with Crippen molar-refractivity contribution in [2.75, 3.05) is 26.2 Å². The molecule has 2 atom stereocenters. The van der Waals surface area contributed by atoms with Crippen LogP contribution in [-0.4, -0.2) is 60.0 Å². The van der Waals surface area contributed by atoms with E-state index in [1.165, 1.54) is 25.1 Å². The maximum absolute atomic E-state index is 14.1. The largest absolute Gasteiger partial charge is 0.375 e. The number of rotatable bonds is 3. The Labute approximate surface area is 144 Å². The average Bonchev–Trinajstić information content (AvgIpc) is 2.79. The summed E-state index contributed by atoms with van der Waals surface area (Å²) in [6.45, 7) is 4.15. The lowest BCUT2D eigenvalue weighted by Crippen LogP contribution is -2.49. The third-order valence-corrected chi connectivity index (χ3v) is 4.57. The molecule has 1 aromatic carbocycles. The molecule has 2 heterocycles. The van der Waals surface area contributed by atoms with Crippen LogP contribution in [0.2, 0.25) is 0 Å². The van der Waals surface area contributed by atoms with Crippen molar-refractivity contribution < 1.29 is 23.5 Å². The zero-order chi connectivity index (χ0) is 18.2. The molecule has 8 heteroatoms. The number of halogens is 1. The minimum Gasteiger partial charge on any atom is -0.375 e. The number of hydrogen-bond donors (Lipinski definition) is 1. The van der Waals surface area contributed by atoms with Crippen LogP contribution in [0.5, 0.6) is 0 Å². The van der Waals surface area contributed by atoms with Gasteiger partial charge in [0.25, 0.3) is 5.91 Å². The lowest BCUT2D eigenvalue weighted by molar-refractivity contribution is -0.143. The molecule has 2 saturated heterocycles. The van der Waals surface area contributed by atoms with Crippen LogP contribution in [0.4, 0.5) is 9.18 Å². The number of imide groups is 1. The molecule has 134 valence electrons. The van der Waals surface area contributed by atoms with Gasteiger partial charge < -0.3 is 15.0 Å². The van der Waals surface area contributed by atoms with Crippen LogP contribution in [0.25, 0.3) is 0 Å². The molecule has 2 aliphatic rings. The van der Waals surface area contributed by atoms with Gasteiger partial charge >= 0.3 is 6.03 Å². The average molecular weight is 349 g/mol. The second-order valence-corrected chi connectivity index (χ2v) is 6.45. The summed E-state index contributed by atoms with van der Waals surface area (Å²) in [6.07, 6.45) is -0.0931. The highest BCUT2D eigenvalue weighted by molar-refractivity contribution is 6.09. The molecule has 0 aromatic heterocycles. The maximum Gasteiger partial charge on any atom is 0.325 e. The second-order valence-electron chi connectivity index (χ2n) is 6.45. The summed E-state index contributed by atoms with van der Waals surface area (Å²) in [4.78, 5) is 39.8. The van der Waals surface area contributed by atoms with Crippen LogP contribution in [0, 0.1) is 5.82 Å². The predicted octanol–water partition coefficient (Wildman–Crippen LogP) is 0.840. The van der Waals surface area contributed by atoms with Gasteiger partial charge in [-0.15, -0.1) is 0 Å². The Balaban J connectivity index is 1.78. The Bertz CT molecular complexity index is 726. The molecule has 0 bridgehead atoms. The van der Waals surface area contributed by atoms with Gasteiger partial charge in [0, 0.05) is 18.7 Å². The fourth-order valence-electron chi connectivity index (χ4n) is 3.17. The predicted molar refractivity (Wildman–Crippen MR) is 86.0 cm³/mol. The number of nitrogens with one attached hydrogen (secondary N) is 1. The molecule has 4 amide bonds. The van der Waals surface area contributed by atoms with Crippen molar-refractivity contribution in [1.29, 1.82) is 0 Å². The standard InChI is InChI=1S/C17H20FN3O4/c1-11-9-20(7-8-25-11)14(22)10-21-15(23)17(2,19-16(21)24)12-5-3-4-6-13(12)18/h3-6,11H,7-10H2,1-2H3,(H,19,24)/t11-,17-/m0/s1. The monoisotopic (exact) mass is 349 g/mol. The molecule has 1 aromatic rings. The van der Waals surface area contributed by atoms with Crippen LogP contribution in [0.3, 0.4) is 0 Å². The lowest BCUT2D eigenvalue weighted by atomic mass is 9.91. The van der Waals surface area contributed by atoms with E-state index in [1.54, 1.807) is 11.0 Å². The molecular weight excluding hydrogens is 329 g/mol. The van der Waals surface area contributed by atoms with Crippen molar-refractivity contribution in [2.24, 2.45) is 0 Å². The van der Waals surface area contributed by atoms with Crippen molar-refractivity contribution in [2.45, 2.75) is 25.5 Å². The van der Waals surface area contributed by atoms with Gasteiger partial charge in [0.05, 0.1) is 12.7 Å². The van der Waals surface area contributed by atoms with E-state index in [0.717, 1.165) is 4.90 Å². The van der Waals surface area contributed by atoms with E-state index in [0.29, 0.717) is 19.7 Å². The number of amides is 4. The second kappa shape index (κ2) is 6.44. The summed E-state index contributed by atoms with van der Waals surface area (Å²) in [5.74, 6) is -1.57. The van der Waals surface area contributed by atoms with E-state index in [-0.39, 0.29) is 24.1 Å². The van der Waals surface area contributed by atoms with Gasteiger partial charge in [-0.25, -0.2) is 9.18 Å². The van der Waals surface area contributed by atoms with Crippen LogP contribution < -0.4 is 5.32 Å². The smallest absolute Gasteiger partial charge is 0.325 e. The van der Waals surface area contributed by atoms with Crippen LogP contribution in [-0.2, 0) is 19.9 Å². The number of nitrogens with zero attached hydrogens (tertiary/aromatic N) is 2. The van der Waals surface area contributed by atoms with Gasteiger partial charge in [0.2, 0.25) is 5.91 Å². The number of ether oxygens (including phenoxy) is 1.